The molecule has 1 aromatic rings. The summed E-state index contributed by atoms with van der Waals surface area (Å²) in [5.74, 6) is -0.372. The molecular formula is C11H15BrClFN2. The monoisotopic (exact) mass is 308 g/mol. The van der Waals surface area contributed by atoms with E-state index >= 15 is 0 Å². The van der Waals surface area contributed by atoms with Gasteiger partial charge < -0.3 is 10.2 Å². The predicted molar refractivity (Wildman–Crippen MR) is 70.9 cm³/mol. The minimum absolute atomic E-state index is 0.137. The van der Waals surface area contributed by atoms with Crippen molar-refractivity contribution in [3.05, 3.63) is 27.4 Å². The van der Waals surface area contributed by atoms with Crippen molar-refractivity contribution in [2.45, 2.75) is 6.42 Å². The van der Waals surface area contributed by atoms with E-state index in [9.17, 15) is 4.39 Å². The van der Waals surface area contributed by atoms with Crippen LogP contribution in [0.1, 0.15) is 6.42 Å². The molecule has 0 spiro atoms. The first-order chi connectivity index (χ1) is 7.57. The number of nitrogens with zero attached hydrogens (tertiary/aromatic N) is 1. The van der Waals surface area contributed by atoms with Gasteiger partial charge in [-0.1, -0.05) is 11.6 Å². The largest absolute Gasteiger partial charge is 0.372 e. The first-order valence-electron chi connectivity index (χ1n) is 5.07. The number of rotatable bonds is 5. The third kappa shape index (κ3) is 3.34. The quantitative estimate of drug-likeness (QED) is 0.663. The van der Waals surface area contributed by atoms with Crippen LogP contribution in [0.4, 0.5) is 10.1 Å². The molecule has 0 unspecified atom stereocenters. The summed E-state index contributed by atoms with van der Waals surface area (Å²) in [6.45, 7) is 1.70. The maximum absolute atomic E-state index is 13.8. The molecule has 0 fully saturated rings. The zero-order valence-electron chi connectivity index (χ0n) is 9.36. The van der Waals surface area contributed by atoms with Gasteiger partial charge in [-0.05, 0) is 48.1 Å². The van der Waals surface area contributed by atoms with E-state index in [4.69, 9.17) is 11.6 Å². The molecule has 1 N–H and O–H groups in total. The summed E-state index contributed by atoms with van der Waals surface area (Å²) < 4.78 is 14.4. The van der Waals surface area contributed by atoms with Crippen molar-refractivity contribution in [2.75, 3.05) is 32.1 Å². The number of nitrogens with one attached hydrogen (secondary N) is 1. The van der Waals surface area contributed by atoms with Crippen LogP contribution in [-0.4, -0.2) is 27.2 Å². The Kier molecular flexibility index (Phi) is 5.52. The summed E-state index contributed by atoms with van der Waals surface area (Å²) in [5, 5.41) is 3.19. The van der Waals surface area contributed by atoms with Crippen LogP contribution in [0.15, 0.2) is 16.6 Å². The zero-order valence-corrected chi connectivity index (χ0v) is 11.7. The van der Waals surface area contributed by atoms with Gasteiger partial charge in [-0.25, -0.2) is 4.39 Å². The van der Waals surface area contributed by atoms with E-state index in [1.165, 1.54) is 0 Å². The molecule has 0 atom stereocenters. The van der Waals surface area contributed by atoms with Crippen molar-refractivity contribution in [3.8, 4) is 0 Å². The molecule has 2 nitrogen and oxygen atoms in total. The summed E-state index contributed by atoms with van der Waals surface area (Å²) in [6, 6.07) is 3.49. The van der Waals surface area contributed by atoms with Gasteiger partial charge in [0.25, 0.3) is 0 Å². The van der Waals surface area contributed by atoms with Crippen LogP contribution in [0, 0.1) is 5.82 Å². The van der Waals surface area contributed by atoms with E-state index in [2.05, 4.69) is 21.2 Å². The molecule has 0 saturated carbocycles. The highest BCUT2D eigenvalue weighted by Crippen LogP contribution is 2.31. The van der Waals surface area contributed by atoms with Crippen LogP contribution >= 0.6 is 27.5 Å². The lowest BCUT2D eigenvalue weighted by atomic mass is 10.2. The van der Waals surface area contributed by atoms with E-state index in [1.54, 1.807) is 12.1 Å². The number of halogens is 3. The van der Waals surface area contributed by atoms with Crippen LogP contribution < -0.4 is 10.2 Å². The van der Waals surface area contributed by atoms with Crippen molar-refractivity contribution in [1.82, 2.24) is 5.32 Å². The molecule has 0 bridgehead atoms. The van der Waals surface area contributed by atoms with Gasteiger partial charge in [0.05, 0.1) is 10.7 Å². The van der Waals surface area contributed by atoms with Gasteiger partial charge in [0, 0.05) is 18.1 Å². The molecule has 90 valence electrons. The summed E-state index contributed by atoms with van der Waals surface area (Å²) in [7, 11) is 3.76. The molecule has 0 amide bonds. The highest BCUT2D eigenvalue weighted by Gasteiger charge is 2.12. The lowest BCUT2D eigenvalue weighted by Gasteiger charge is -2.20. The molecule has 0 aliphatic rings. The summed E-state index contributed by atoms with van der Waals surface area (Å²) in [4.78, 5) is 1.87. The van der Waals surface area contributed by atoms with Crippen molar-refractivity contribution in [1.29, 1.82) is 0 Å². The highest BCUT2D eigenvalue weighted by atomic mass is 79.9. The number of benzene rings is 1. The molecule has 0 saturated heterocycles. The number of anilines is 1. The minimum Gasteiger partial charge on any atom is -0.372 e. The third-order valence-corrected chi connectivity index (χ3v) is 3.60. The second kappa shape index (κ2) is 6.42. The maximum Gasteiger partial charge on any atom is 0.166 e. The van der Waals surface area contributed by atoms with Crippen LogP contribution in [0.2, 0.25) is 5.02 Å². The second-order valence-electron chi connectivity index (χ2n) is 3.57. The van der Waals surface area contributed by atoms with Gasteiger partial charge in [-0.2, -0.15) is 0 Å². The van der Waals surface area contributed by atoms with Gasteiger partial charge in [0.15, 0.2) is 5.82 Å². The van der Waals surface area contributed by atoms with Gasteiger partial charge in [-0.15, -0.1) is 0 Å². The molecule has 1 rings (SSSR count). The Bertz CT molecular complexity index is 360. The SMILES string of the molecule is CNCCCN(C)c1ccc(Br)c(Cl)c1F. The number of hydrogen-bond acceptors (Lipinski definition) is 2. The molecule has 0 heterocycles. The van der Waals surface area contributed by atoms with E-state index in [0.717, 1.165) is 19.5 Å². The summed E-state index contributed by atoms with van der Waals surface area (Å²) in [6.07, 6.45) is 0.958. The average molecular weight is 310 g/mol. The van der Waals surface area contributed by atoms with E-state index < -0.39 is 0 Å². The van der Waals surface area contributed by atoms with Crippen molar-refractivity contribution >= 4 is 33.2 Å². The Labute approximate surface area is 109 Å². The first-order valence-corrected chi connectivity index (χ1v) is 6.24. The summed E-state index contributed by atoms with van der Waals surface area (Å²) >= 11 is 9.02. The van der Waals surface area contributed by atoms with Crippen LogP contribution in [0.25, 0.3) is 0 Å². The molecule has 16 heavy (non-hydrogen) atoms. The predicted octanol–water partition coefficient (Wildman–Crippen LogP) is 3.29. The average Bonchev–Trinajstić information content (AvgIpc) is 2.26. The molecular weight excluding hydrogens is 294 g/mol. The third-order valence-electron chi connectivity index (χ3n) is 2.35. The Hall–Kier alpha value is -0.320. The van der Waals surface area contributed by atoms with Crippen LogP contribution in [0.3, 0.4) is 0 Å². The van der Waals surface area contributed by atoms with E-state index in [1.807, 2.05) is 19.0 Å². The number of hydrogen-bond donors (Lipinski definition) is 1. The normalized spacial score (nSPS) is 10.6. The van der Waals surface area contributed by atoms with Gasteiger partial charge in [0.1, 0.15) is 0 Å². The lowest BCUT2D eigenvalue weighted by molar-refractivity contribution is 0.618. The molecule has 0 aromatic heterocycles. The van der Waals surface area contributed by atoms with Crippen molar-refractivity contribution < 1.29 is 4.39 Å². The fraction of sp³-hybridized carbons (Fsp3) is 0.455. The van der Waals surface area contributed by atoms with Crippen molar-refractivity contribution in [3.63, 3.8) is 0 Å². The van der Waals surface area contributed by atoms with E-state index in [0.29, 0.717) is 10.2 Å². The van der Waals surface area contributed by atoms with Crippen molar-refractivity contribution in [2.24, 2.45) is 0 Å². The smallest absolute Gasteiger partial charge is 0.166 e. The first kappa shape index (κ1) is 13.7. The fourth-order valence-electron chi connectivity index (χ4n) is 1.42. The van der Waals surface area contributed by atoms with Gasteiger partial charge in [-0.3, -0.25) is 0 Å². The lowest BCUT2D eigenvalue weighted by Crippen LogP contribution is -2.23. The van der Waals surface area contributed by atoms with Crippen LogP contribution in [0.5, 0.6) is 0 Å². The van der Waals surface area contributed by atoms with Crippen LogP contribution in [-0.2, 0) is 0 Å². The Morgan fingerprint density at radius 1 is 1.50 bits per heavy atom. The molecule has 0 aliphatic heterocycles. The Morgan fingerprint density at radius 2 is 2.19 bits per heavy atom. The highest BCUT2D eigenvalue weighted by molar-refractivity contribution is 9.10. The molecule has 5 heteroatoms. The molecule has 0 aliphatic carbocycles. The van der Waals surface area contributed by atoms with Gasteiger partial charge >= 0.3 is 0 Å². The zero-order chi connectivity index (χ0) is 12.1. The minimum atomic E-state index is -0.372. The fourth-order valence-corrected chi connectivity index (χ4v) is 1.89. The molecule has 1 aromatic carbocycles. The van der Waals surface area contributed by atoms with E-state index in [-0.39, 0.29) is 10.8 Å². The molecule has 0 radical (unpaired) electrons. The Balaban J connectivity index is 2.76. The topological polar surface area (TPSA) is 15.3 Å². The Morgan fingerprint density at radius 3 is 2.81 bits per heavy atom. The maximum atomic E-state index is 13.8. The second-order valence-corrected chi connectivity index (χ2v) is 4.81. The summed E-state index contributed by atoms with van der Waals surface area (Å²) in [5.41, 5.74) is 0.532. The van der Waals surface area contributed by atoms with Gasteiger partial charge in [0.2, 0.25) is 0 Å². The standard InChI is InChI=1S/C11H15BrClFN2/c1-15-6-3-7-16(2)9-5-4-8(12)10(13)11(9)14/h4-5,15H,3,6-7H2,1-2H3.